The standard InChI is InChI=1S/C14H14F2N2O2/c1-7(2)17-14(20)8-6-18(3)12-10(16)5-4-9(15)11(12)13(8)19/h4-7H,1-3H3,(H,17,20). The van der Waals surface area contributed by atoms with Gasteiger partial charge in [-0.3, -0.25) is 9.59 Å². The Bertz CT molecular complexity index is 751. The molecule has 0 aliphatic heterocycles. The van der Waals surface area contributed by atoms with Crippen molar-refractivity contribution in [2.24, 2.45) is 7.05 Å². The van der Waals surface area contributed by atoms with Crippen LogP contribution in [0.3, 0.4) is 0 Å². The number of aromatic nitrogens is 1. The minimum absolute atomic E-state index is 0.156. The van der Waals surface area contributed by atoms with Crippen LogP contribution in [0.5, 0.6) is 0 Å². The van der Waals surface area contributed by atoms with E-state index >= 15 is 0 Å². The number of fused-ring (bicyclic) bond motifs is 1. The highest BCUT2D eigenvalue weighted by atomic mass is 19.1. The highest BCUT2D eigenvalue weighted by Gasteiger charge is 2.19. The maximum Gasteiger partial charge on any atom is 0.256 e. The molecule has 1 amide bonds. The van der Waals surface area contributed by atoms with Crippen LogP contribution in [0.4, 0.5) is 8.78 Å². The molecule has 0 fully saturated rings. The van der Waals surface area contributed by atoms with Crippen LogP contribution in [-0.2, 0) is 7.05 Å². The molecule has 6 heteroatoms. The Morgan fingerprint density at radius 1 is 1.25 bits per heavy atom. The van der Waals surface area contributed by atoms with Gasteiger partial charge in [0.25, 0.3) is 5.91 Å². The average molecular weight is 280 g/mol. The summed E-state index contributed by atoms with van der Waals surface area (Å²) in [5.41, 5.74) is -1.18. The predicted molar refractivity (Wildman–Crippen MR) is 71.7 cm³/mol. The van der Waals surface area contributed by atoms with Gasteiger partial charge in [0.2, 0.25) is 5.43 Å². The van der Waals surface area contributed by atoms with E-state index in [1.807, 2.05) is 0 Å². The number of carbonyl (C=O) groups is 1. The normalized spacial score (nSPS) is 11.1. The molecule has 0 aliphatic rings. The van der Waals surface area contributed by atoms with Crippen LogP contribution in [-0.4, -0.2) is 16.5 Å². The highest BCUT2D eigenvalue weighted by Crippen LogP contribution is 2.18. The minimum atomic E-state index is -0.846. The van der Waals surface area contributed by atoms with Gasteiger partial charge in [0.15, 0.2) is 0 Å². The zero-order valence-corrected chi connectivity index (χ0v) is 11.3. The van der Waals surface area contributed by atoms with E-state index in [2.05, 4.69) is 5.32 Å². The molecular formula is C14H14F2N2O2. The Morgan fingerprint density at radius 2 is 1.85 bits per heavy atom. The van der Waals surface area contributed by atoms with Crippen molar-refractivity contribution in [3.8, 4) is 0 Å². The quantitative estimate of drug-likeness (QED) is 0.914. The van der Waals surface area contributed by atoms with E-state index < -0.39 is 28.4 Å². The summed E-state index contributed by atoms with van der Waals surface area (Å²) in [5, 5.41) is 2.14. The molecule has 0 aliphatic carbocycles. The number of hydrogen-bond donors (Lipinski definition) is 1. The first-order valence-electron chi connectivity index (χ1n) is 6.11. The topological polar surface area (TPSA) is 51.1 Å². The van der Waals surface area contributed by atoms with Crippen LogP contribution in [0.1, 0.15) is 24.2 Å². The predicted octanol–water partition coefficient (Wildman–Crippen LogP) is 1.95. The number of rotatable bonds is 2. The van der Waals surface area contributed by atoms with Gasteiger partial charge < -0.3 is 9.88 Å². The van der Waals surface area contributed by atoms with Crippen molar-refractivity contribution in [3.05, 3.63) is 45.8 Å². The van der Waals surface area contributed by atoms with Crippen molar-refractivity contribution in [3.63, 3.8) is 0 Å². The van der Waals surface area contributed by atoms with Gasteiger partial charge in [-0.1, -0.05) is 0 Å². The van der Waals surface area contributed by atoms with Gasteiger partial charge in [0.1, 0.15) is 17.2 Å². The van der Waals surface area contributed by atoms with E-state index in [4.69, 9.17) is 0 Å². The van der Waals surface area contributed by atoms with Crippen molar-refractivity contribution < 1.29 is 13.6 Å². The summed E-state index contributed by atoms with van der Waals surface area (Å²) >= 11 is 0. The van der Waals surface area contributed by atoms with Crippen molar-refractivity contribution in [1.29, 1.82) is 0 Å². The van der Waals surface area contributed by atoms with E-state index in [0.717, 1.165) is 12.1 Å². The molecule has 0 saturated heterocycles. The lowest BCUT2D eigenvalue weighted by Crippen LogP contribution is -2.34. The minimum Gasteiger partial charge on any atom is -0.350 e. The number of pyridine rings is 1. The van der Waals surface area contributed by atoms with Crippen LogP contribution < -0.4 is 10.7 Å². The summed E-state index contributed by atoms with van der Waals surface area (Å²) in [6, 6.07) is 1.66. The Balaban J connectivity index is 2.79. The van der Waals surface area contributed by atoms with Crippen LogP contribution in [0.15, 0.2) is 23.1 Å². The van der Waals surface area contributed by atoms with Gasteiger partial charge >= 0.3 is 0 Å². The maximum atomic E-state index is 13.8. The van der Waals surface area contributed by atoms with Gasteiger partial charge in [-0.25, -0.2) is 8.78 Å². The molecule has 1 aromatic heterocycles. The number of amides is 1. The van der Waals surface area contributed by atoms with E-state index in [0.29, 0.717) is 0 Å². The summed E-state index contributed by atoms with van der Waals surface area (Å²) in [7, 11) is 1.45. The van der Waals surface area contributed by atoms with Gasteiger partial charge in [-0.05, 0) is 26.0 Å². The average Bonchev–Trinajstić information content (AvgIpc) is 2.35. The number of carbonyl (C=O) groups excluding carboxylic acids is 1. The number of benzene rings is 1. The lowest BCUT2D eigenvalue weighted by Gasteiger charge is -2.12. The first-order chi connectivity index (χ1) is 9.32. The van der Waals surface area contributed by atoms with Crippen molar-refractivity contribution in [2.45, 2.75) is 19.9 Å². The first-order valence-corrected chi connectivity index (χ1v) is 6.11. The lowest BCUT2D eigenvalue weighted by atomic mass is 10.1. The second kappa shape index (κ2) is 5.03. The fraction of sp³-hybridized carbons (Fsp3) is 0.286. The molecule has 2 aromatic rings. The van der Waals surface area contributed by atoms with Gasteiger partial charge in [-0.15, -0.1) is 0 Å². The van der Waals surface area contributed by atoms with E-state index in [-0.39, 0.29) is 17.1 Å². The Hall–Kier alpha value is -2.24. The molecule has 0 bridgehead atoms. The van der Waals surface area contributed by atoms with Gasteiger partial charge in [0, 0.05) is 19.3 Å². The van der Waals surface area contributed by atoms with Crippen LogP contribution >= 0.6 is 0 Å². The van der Waals surface area contributed by atoms with E-state index in [1.54, 1.807) is 13.8 Å². The number of nitrogens with zero attached hydrogens (tertiary/aromatic N) is 1. The third-order valence-electron chi connectivity index (χ3n) is 2.89. The molecule has 0 saturated carbocycles. The molecule has 106 valence electrons. The fourth-order valence-electron chi connectivity index (χ4n) is 2.06. The molecule has 20 heavy (non-hydrogen) atoms. The molecule has 0 spiro atoms. The van der Waals surface area contributed by atoms with E-state index in [9.17, 15) is 18.4 Å². The summed E-state index contributed by atoms with van der Waals surface area (Å²) in [6.45, 7) is 3.48. The molecule has 0 radical (unpaired) electrons. The van der Waals surface area contributed by atoms with Crippen molar-refractivity contribution >= 4 is 16.8 Å². The van der Waals surface area contributed by atoms with Gasteiger partial charge in [0.05, 0.1) is 10.9 Å². The molecule has 1 heterocycles. The third kappa shape index (κ3) is 2.29. The smallest absolute Gasteiger partial charge is 0.256 e. The Kier molecular flexibility index (Phi) is 3.57. The zero-order chi connectivity index (χ0) is 15.0. The molecule has 0 atom stereocenters. The number of nitrogens with one attached hydrogen (secondary N) is 1. The third-order valence-corrected chi connectivity index (χ3v) is 2.89. The second-order valence-corrected chi connectivity index (χ2v) is 4.86. The van der Waals surface area contributed by atoms with Gasteiger partial charge in [-0.2, -0.15) is 0 Å². The monoisotopic (exact) mass is 280 g/mol. The Morgan fingerprint density at radius 3 is 2.45 bits per heavy atom. The number of aryl methyl sites for hydroxylation is 1. The van der Waals surface area contributed by atoms with Crippen LogP contribution in [0, 0.1) is 11.6 Å². The largest absolute Gasteiger partial charge is 0.350 e. The summed E-state index contributed by atoms with van der Waals surface area (Å²) in [5.74, 6) is -2.16. The fourth-order valence-corrected chi connectivity index (χ4v) is 2.06. The number of hydrogen-bond acceptors (Lipinski definition) is 2. The molecule has 4 nitrogen and oxygen atoms in total. The highest BCUT2D eigenvalue weighted by molar-refractivity contribution is 5.97. The molecule has 2 rings (SSSR count). The molecular weight excluding hydrogens is 266 g/mol. The Labute approximate surface area is 114 Å². The molecule has 0 unspecified atom stereocenters. The second-order valence-electron chi connectivity index (χ2n) is 4.86. The van der Waals surface area contributed by atoms with Crippen LogP contribution in [0.25, 0.3) is 10.9 Å². The molecule has 1 aromatic carbocycles. The first kappa shape index (κ1) is 14.2. The molecule has 1 N–H and O–H groups in total. The summed E-state index contributed by atoms with van der Waals surface area (Å²) in [4.78, 5) is 24.1. The van der Waals surface area contributed by atoms with E-state index in [1.165, 1.54) is 17.8 Å². The maximum absolute atomic E-state index is 13.8. The summed E-state index contributed by atoms with van der Waals surface area (Å²) < 4.78 is 28.8. The summed E-state index contributed by atoms with van der Waals surface area (Å²) in [6.07, 6.45) is 1.21. The van der Waals surface area contributed by atoms with Crippen LogP contribution in [0.2, 0.25) is 0 Å². The van der Waals surface area contributed by atoms with Crippen molar-refractivity contribution in [2.75, 3.05) is 0 Å². The zero-order valence-electron chi connectivity index (χ0n) is 11.3. The number of halogens is 2. The lowest BCUT2D eigenvalue weighted by molar-refractivity contribution is 0.0941. The SMILES string of the molecule is CC(C)NC(=O)c1cn(C)c2c(F)ccc(F)c2c1=O. The van der Waals surface area contributed by atoms with Crippen molar-refractivity contribution in [1.82, 2.24) is 9.88 Å².